The number of carboxylic acid groups (broad SMARTS) is 1. The smallest absolute Gasteiger partial charge is 0.303 e. The molecule has 1 amide bonds. The number of aliphatic carboxylic acids is 1. The molecular weight excluding hydrogens is 605 g/mol. The van der Waals surface area contributed by atoms with Crippen LogP contribution >= 0.6 is 23.2 Å². The highest BCUT2D eigenvalue weighted by Crippen LogP contribution is 2.39. The first kappa shape index (κ1) is 31.7. The number of imidazole rings is 1. The summed E-state index contributed by atoms with van der Waals surface area (Å²) in [6, 6.07) is 23.4. The third-order valence-corrected chi connectivity index (χ3v) is 8.30. The van der Waals surface area contributed by atoms with Gasteiger partial charge in [-0.25, -0.2) is 4.98 Å². The Morgan fingerprint density at radius 1 is 0.955 bits per heavy atom. The first-order valence-electron chi connectivity index (χ1n) is 14.3. The number of nitrogens with one attached hydrogen (secondary N) is 1. The zero-order chi connectivity index (χ0) is 31.1. The Labute approximate surface area is 265 Å². The summed E-state index contributed by atoms with van der Waals surface area (Å²) in [5, 5.41) is 21.7. The van der Waals surface area contributed by atoms with Gasteiger partial charge in [0, 0.05) is 31.4 Å². The third kappa shape index (κ3) is 8.05. The molecule has 1 fully saturated rings. The van der Waals surface area contributed by atoms with Crippen LogP contribution in [0.3, 0.4) is 0 Å². The van der Waals surface area contributed by atoms with Crippen molar-refractivity contribution in [3.63, 3.8) is 0 Å². The summed E-state index contributed by atoms with van der Waals surface area (Å²) in [5.41, 5.74) is 5.52. The molecule has 3 aromatic carbocycles. The van der Waals surface area contributed by atoms with Crippen molar-refractivity contribution < 1.29 is 29.3 Å². The number of carbonyl (C=O) groups is 2. The minimum atomic E-state index is -0.911. The van der Waals surface area contributed by atoms with Crippen molar-refractivity contribution in [2.24, 2.45) is 0 Å². The molecule has 0 radical (unpaired) electrons. The first-order chi connectivity index (χ1) is 21.3. The fourth-order valence-corrected chi connectivity index (χ4v) is 5.49. The molecule has 2 heterocycles. The lowest BCUT2D eigenvalue weighted by Gasteiger charge is -2.36. The normalized spacial score (nSPS) is 18.2. The molecule has 230 valence electrons. The molecule has 4 aromatic rings. The molecule has 3 N–H and O–H groups in total. The Morgan fingerprint density at radius 3 is 2.36 bits per heavy atom. The van der Waals surface area contributed by atoms with Crippen molar-refractivity contribution in [2.75, 3.05) is 0 Å². The Balaban J connectivity index is 1.32. The summed E-state index contributed by atoms with van der Waals surface area (Å²) in [6.07, 6.45) is 1.44. The molecule has 1 aromatic heterocycles. The number of aromatic nitrogens is 2. The molecule has 1 saturated heterocycles. The maximum atomic E-state index is 12.2. The highest BCUT2D eigenvalue weighted by molar-refractivity contribution is 6.40. The molecule has 0 spiro atoms. The van der Waals surface area contributed by atoms with Gasteiger partial charge in [0.2, 0.25) is 5.91 Å². The number of benzene rings is 3. The Bertz CT molecular complexity index is 1580. The molecule has 0 bridgehead atoms. The van der Waals surface area contributed by atoms with Gasteiger partial charge < -0.3 is 29.6 Å². The number of carbonyl (C=O) groups excluding carboxylic acids is 1. The Hall–Kier alpha value is -3.73. The van der Waals surface area contributed by atoms with Gasteiger partial charge in [-0.2, -0.15) is 0 Å². The largest absolute Gasteiger partial charge is 0.481 e. The van der Waals surface area contributed by atoms with E-state index in [0.29, 0.717) is 31.1 Å². The molecule has 3 atom stereocenters. The van der Waals surface area contributed by atoms with Crippen LogP contribution < -0.4 is 5.32 Å². The Kier molecular flexibility index (Phi) is 10.7. The fourth-order valence-electron chi connectivity index (χ4n) is 5.18. The molecule has 1 aliphatic heterocycles. The van der Waals surface area contributed by atoms with Gasteiger partial charge in [0.1, 0.15) is 5.15 Å². The number of aliphatic hydroxyl groups excluding tert-OH is 1. The highest BCUT2D eigenvalue weighted by Gasteiger charge is 2.33. The van der Waals surface area contributed by atoms with Crippen molar-refractivity contribution in [1.82, 2.24) is 14.9 Å². The minimum absolute atomic E-state index is 0.0330. The first-order valence-corrected chi connectivity index (χ1v) is 15.1. The lowest BCUT2D eigenvalue weighted by molar-refractivity contribution is -0.252. The van der Waals surface area contributed by atoms with E-state index in [1.807, 2.05) is 72.8 Å². The van der Waals surface area contributed by atoms with Crippen molar-refractivity contribution in [3.8, 4) is 11.1 Å². The van der Waals surface area contributed by atoms with E-state index in [4.69, 9.17) is 37.8 Å². The van der Waals surface area contributed by atoms with E-state index in [1.54, 1.807) is 10.9 Å². The number of amides is 1. The van der Waals surface area contributed by atoms with E-state index in [1.165, 1.54) is 0 Å². The van der Waals surface area contributed by atoms with Crippen LogP contribution in [0, 0.1) is 0 Å². The van der Waals surface area contributed by atoms with E-state index < -0.39 is 12.3 Å². The van der Waals surface area contributed by atoms with Crippen LogP contribution in [0.15, 0.2) is 79.1 Å². The van der Waals surface area contributed by atoms with Gasteiger partial charge in [0.05, 0.1) is 31.7 Å². The summed E-state index contributed by atoms with van der Waals surface area (Å²) in [6.45, 7) is 0.740. The van der Waals surface area contributed by atoms with E-state index in [0.717, 1.165) is 33.4 Å². The van der Waals surface area contributed by atoms with Crippen LogP contribution in [0.2, 0.25) is 10.3 Å². The number of ether oxygens (including phenoxy) is 2. The molecular formula is C33H33Cl2N3O6. The van der Waals surface area contributed by atoms with E-state index in [2.05, 4.69) is 10.3 Å². The molecule has 5 rings (SSSR count). The van der Waals surface area contributed by atoms with Crippen molar-refractivity contribution in [3.05, 3.63) is 112 Å². The van der Waals surface area contributed by atoms with Crippen LogP contribution in [0.5, 0.6) is 0 Å². The lowest BCUT2D eigenvalue weighted by atomic mass is 9.97. The average molecular weight is 639 g/mol. The van der Waals surface area contributed by atoms with Crippen LogP contribution in [-0.2, 0) is 38.8 Å². The SMILES string of the molecule is O=C(O)CCCC(=O)NCc1ccccc1-c1ccc([C@H]2O[C@@H](Cn3cnc(Cl)c3Cl)C[C@@H](c3ccc(CO)cc3)O2)cc1. The second-order valence-electron chi connectivity index (χ2n) is 10.6. The molecule has 44 heavy (non-hydrogen) atoms. The molecule has 9 nitrogen and oxygen atoms in total. The predicted octanol–water partition coefficient (Wildman–Crippen LogP) is 6.47. The van der Waals surface area contributed by atoms with Gasteiger partial charge in [0.25, 0.3) is 0 Å². The molecule has 11 heteroatoms. The number of aliphatic hydroxyl groups is 1. The van der Waals surface area contributed by atoms with E-state index in [-0.39, 0.29) is 42.7 Å². The predicted molar refractivity (Wildman–Crippen MR) is 166 cm³/mol. The summed E-state index contributed by atoms with van der Waals surface area (Å²) in [7, 11) is 0. The molecule has 0 aliphatic carbocycles. The van der Waals surface area contributed by atoms with Gasteiger partial charge in [-0.15, -0.1) is 0 Å². The molecule has 0 unspecified atom stereocenters. The minimum Gasteiger partial charge on any atom is -0.481 e. The number of nitrogens with zero attached hydrogens (tertiary/aromatic N) is 2. The van der Waals surface area contributed by atoms with E-state index >= 15 is 0 Å². The topological polar surface area (TPSA) is 123 Å². The third-order valence-electron chi connectivity index (χ3n) is 7.53. The number of rotatable bonds is 12. The summed E-state index contributed by atoms with van der Waals surface area (Å²) < 4.78 is 14.6. The van der Waals surface area contributed by atoms with Gasteiger partial charge >= 0.3 is 5.97 Å². The zero-order valence-corrected chi connectivity index (χ0v) is 25.4. The maximum Gasteiger partial charge on any atom is 0.303 e. The number of halogens is 2. The van der Waals surface area contributed by atoms with Crippen LogP contribution in [0.4, 0.5) is 0 Å². The maximum absolute atomic E-state index is 12.2. The van der Waals surface area contributed by atoms with Crippen molar-refractivity contribution in [2.45, 2.75) is 63.9 Å². The second kappa shape index (κ2) is 14.8. The lowest BCUT2D eigenvalue weighted by Crippen LogP contribution is -2.32. The van der Waals surface area contributed by atoms with E-state index in [9.17, 15) is 14.7 Å². The summed E-state index contributed by atoms with van der Waals surface area (Å²) in [5.74, 6) is -1.09. The van der Waals surface area contributed by atoms with Crippen LogP contribution in [-0.4, -0.2) is 37.7 Å². The van der Waals surface area contributed by atoms with Crippen LogP contribution in [0.1, 0.15) is 60.3 Å². The summed E-state index contributed by atoms with van der Waals surface area (Å²) in [4.78, 5) is 27.0. The van der Waals surface area contributed by atoms with Gasteiger partial charge in [0.15, 0.2) is 11.4 Å². The van der Waals surface area contributed by atoms with Gasteiger partial charge in [-0.05, 0) is 34.2 Å². The standard InChI is InChI=1S/C33H33Cl2N3O6/c34-31-32(35)38(20-37-31)18-26-16-28(23-10-8-21(19-39)9-11-23)44-33(43-26)24-14-12-22(13-15-24)27-5-2-1-4-25(27)17-36-29(40)6-3-7-30(41)42/h1-2,4-5,8-15,20,26,28,33,39H,3,6-7,16-19H2,(H,36,40)(H,41,42)/t26-,28+,33+/m1/s1. The molecule has 0 saturated carbocycles. The number of hydrogen-bond donors (Lipinski definition) is 3. The van der Waals surface area contributed by atoms with Gasteiger partial charge in [-0.1, -0.05) is 96.0 Å². The van der Waals surface area contributed by atoms with Crippen molar-refractivity contribution in [1.29, 1.82) is 0 Å². The van der Waals surface area contributed by atoms with Gasteiger partial charge in [-0.3, -0.25) is 9.59 Å². The summed E-state index contributed by atoms with van der Waals surface area (Å²) >= 11 is 12.4. The monoisotopic (exact) mass is 637 g/mol. The van der Waals surface area contributed by atoms with Crippen molar-refractivity contribution >= 4 is 35.1 Å². The quantitative estimate of drug-likeness (QED) is 0.163. The highest BCUT2D eigenvalue weighted by atomic mass is 35.5. The zero-order valence-electron chi connectivity index (χ0n) is 23.9. The number of carboxylic acids is 1. The number of hydrogen-bond acceptors (Lipinski definition) is 6. The fraction of sp³-hybridized carbons (Fsp3) is 0.303. The molecule has 1 aliphatic rings. The second-order valence-corrected chi connectivity index (χ2v) is 11.3. The Morgan fingerprint density at radius 2 is 1.68 bits per heavy atom. The van der Waals surface area contributed by atoms with Crippen LogP contribution in [0.25, 0.3) is 11.1 Å². The average Bonchev–Trinajstić information content (AvgIpc) is 3.36.